The minimum absolute atomic E-state index is 0.0871. The lowest BCUT2D eigenvalue weighted by atomic mass is 10.1. The molecular formula is C18H21NO3. The summed E-state index contributed by atoms with van der Waals surface area (Å²) in [5, 5.41) is 2.92. The highest BCUT2D eigenvalue weighted by molar-refractivity contribution is 5.94. The fourth-order valence-electron chi connectivity index (χ4n) is 1.95. The Labute approximate surface area is 131 Å². The van der Waals surface area contributed by atoms with E-state index in [1.807, 2.05) is 62.4 Å². The summed E-state index contributed by atoms with van der Waals surface area (Å²) < 4.78 is 10.7. The number of rotatable bonds is 6. The fourth-order valence-corrected chi connectivity index (χ4v) is 1.95. The first-order valence-electron chi connectivity index (χ1n) is 7.23. The van der Waals surface area contributed by atoms with Gasteiger partial charge in [-0.2, -0.15) is 0 Å². The Morgan fingerprint density at radius 2 is 1.64 bits per heavy atom. The van der Waals surface area contributed by atoms with Gasteiger partial charge >= 0.3 is 0 Å². The highest BCUT2D eigenvalue weighted by atomic mass is 16.5. The maximum Gasteiger partial charge on any atom is 0.251 e. The second kappa shape index (κ2) is 7.50. The van der Waals surface area contributed by atoms with Crippen LogP contribution in [-0.4, -0.2) is 25.7 Å². The van der Waals surface area contributed by atoms with Gasteiger partial charge in [-0.3, -0.25) is 4.79 Å². The van der Waals surface area contributed by atoms with E-state index in [-0.39, 0.29) is 11.9 Å². The van der Waals surface area contributed by atoms with Crippen LogP contribution >= 0.6 is 0 Å². The molecule has 0 aliphatic heterocycles. The van der Waals surface area contributed by atoms with Gasteiger partial charge in [-0.1, -0.05) is 17.7 Å². The average Bonchev–Trinajstić information content (AvgIpc) is 2.54. The number of hydrogen-bond acceptors (Lipinski definition) is 3. The molecule has 2 aromatic rings. The minimum atomic E-state index is -0.0918. The van der Waals surface area contributed by atoms with Crippen LogP contribution in [0.1, 0.15) is 22.8 Å². The Hall–Kier alpha value is -2.49. The van der Waals surface area contributed by atoms with E-state index in [9.17, 15) is 4.79 Å². The molecule has 0 saturated carbocycles. The average molecular weight is 299 g/mol. The van der Waals surface area contributed by atoms with Crippen molar-refractivity contribution in [2.45, 2.75) is 19.9 Å². The summed E-state index contributed by atoms with van der Waals surface area (Å²) in [4.78, 5) is 12.1. The van der Waals surface area contributed by atoms with E-state index in [4.69, 9.17) is 9.47 Å². The first-order chi connectivity index (χ1) is 10.6. The van der Waals surface area contributed by atoms with E-state index >= 15 is 0 Å². The molecule has 1 atom stereocenters. The van der Waals surface area contributed by atoms with Crippen molar-refractivity contribution in [3.05, 3.63) is 59.7 Å². The predicted molar refractivity (Wildman–Crippen MR) is 86.6 cm³/mol. The normalized spacial score (nSPS) is 11.6. The lowest BCUT2D eigenvalue weighted by Crippen LogP contribution is -2.36. The van der Waals surface area contributed by atoms with Gasteiger partial charge in [0.15, 0.2) is 0 Å². The zero-order chi connectivity index (χ0) is 15.9. The number of amides is 1. The third-order valence-corrected chi connectivity index (χ3v) is 3.25. The molecule has 0 saturated heterocycles. The van der Waals surface area contributed by atoms with Crippen LogP contribution in [0.3, 0.4) is 0 Å². The number of hydrogen-bond donors (Lipinski definition) is 1. The van der Waals surface area contributed by atoms with E-state index in [0.29, 0.717) is 12.2 Å². The highest BCUT2D eigenvalue weighted by Gasteiger charge is 2.10. The van der Waals surface area contributed by atoms with Crippen LogP contribution in [0.2, 0.25) is 0 Å². The molecule has 1 amide bonds. The van der Waals surface area contributed by atoms with Gasteiger partial charge in [0.2, 0.25) is 0 Å². The minimum Gasteiger partial charge on any atom is -0.497 e. The SMILES string of the molecule is COc1ccc(OC[C@H](C)NC(=O)c2ccc(C)cc2)cc1. The number of ether oxygens (including phenoxy) is 2. The van der Waals surface area contributed by atoms with E-state index in [0.717, 1.165) is 17.1 Å². The second-order valence-electron chi connectivity index (χ2n) is 5.23. The highest BCUT2D eigenvalue weighted by Crippen LogP contribution is 2.17. The van der Waals surface area contributed by atoms with Crippen molar-refractivity contribution < 1.29 is 14.3 Å². The zero-order valence-electron chi connectivity index (χ0n) is 13.1. The number of aryl methyl sites for hydroxylation is 1. The van der Waals surface area contributed by atoms with Crippen molar-refractivity contribution in [3.63, 3.8) is 0 Å². The van der Waals surface area contributed by atoms with Crippen LogP contribution in [0.15, 0.2) is 48.5 Å². The molecule has 4 nitrogen and oxygen atoms in total. The zero-order valence-corrected chi connectivity index (χ0v) is 13.1. The molecule has 1 N–H and O–H groups in total. The Morgan fingerprint density at radius 1 is 1.05 bits per heavy atom. The van der Waals surface area contributed by atoms with Crippen LogP contribution in [0.5, 0.6) is 11.5 Å². The summed E-state index contributed by atoms with van der Waals surface area (Å²) in [6, 6.07) is 14.8. The molecule has 0 fully saturated rings. The van der Waals surface area contributed by atoms with Crippen molar-refractivity contribution in [1.82, 2.24) is 5.32 Å². The molecule has 0 aliphatic carbocycles. The first kappa shape index (κ1) is 15.9. The Bertz CT molecular complexity index is 605. The molecule has 0 aromatic heterocycles. The molecule has 22 heavy (non-hydrogen) atoms. The van der Waals surface area contributed by atoms with Gasteiger partial charge in [0.1, 0.15) is 18.1 Å². The topological polar surface area (TPSA) is 47.6 Å². The van der Waals surface area contributed by atoms with Crippen molar-refractivity contribution in [3.8, 4) is 11.5 Å². The maximum atomic E-state index is 12.1. The molecule has 116 valence electrons. The monoisotopic (exact) mass is 299 g/mol. The summed E-state index contributed by atoms with van der Waals surface area (Å²) >= 11 is 0. The van der Waals surface area contributed by atoms with Gasteiger partial charge < -0.3 is 14.8 Å². The molecule has 2 rings (SSSR count). The van der Waals surface area contributed by atoms with Crippen molar-refractivity contribution >= 4 is 5.91 Å². The lowest BCUT2D eigenvalue weighted by molar-refractivity contribution is 0.0926. The Kier molecular flexibility index (Phi) is 5.42. The predicted octanol–water partition coefficient (Wildman–Crippen LogP) is 3.20. The van der Waals surface area contributed by atoms with E-state index in [1.54, 1.807) is 7.11 Å². The molecule has 0 aliphatic rings. The third-order valence-electron chi connectivity index (χ3n) is 3.25. The van der Waals surface area contributed by atoms with E-state index < -0.39 is 0 Å². The molecule has 0 spiro atoms. The van der Waals surface area contributed by atoms with Crippen LogP contribution < -0.4 is 14.8 Å². The largest absolute Gasteiger partial charge is 0.497 e. The molecule has 2 aromatic carbocycles. The molecule has 4 heteroatoms. The van der Waals surface area contributed by atoms with E-state index in [2.05, 4.69) is 5.32 Å². The van der Waals surface area contributed by atoms with Crippen molar-refractivity contribution in [1.29, 1.82) is 0 Å². The number of carbonyl (C=O) groups is 1. The lowest BCUT2D eigenvalue weighted by Gasteiger charge is -2.15. The van der Waals surface area contributed by atoms with Gasteiger partial charge in [0.05, 0.1) is 13.2 Å². The molecule has 0 unspecified atom stereocenters. The smallest absolute Gasteiger partial charge is 0.251 e. The number of carbonyl (C=O) groups excluding carboxylic acids is 1. The summed E-state index contributed by atoms with van der Waals surface area (Å²) in [6.45, 7) is 4.31. The van der Waals surface area contributed by atoms with Crippen LogP contribution in [-0.2, 0) is 0 Å². The summed E-state index contributed by atoms with van der Waals surface area (Å²) in [5.41, 5.74) is 1.79. The van der Waals surface area contributed by atoms with Crippen molar-refractivity contribution in [2.75, 3.05) is 13.7 Å². The maximum absolute atomic E-state index is 12.1. The molecule has 0 radical (unpaired) electrons. The van der Waals surface area contributed by atoms with Gasteiger partial charge in [0, 0.05) is 5.56 Å². The van der Waals surface area contributed by atoms with Crippen LogP contribution in [0, 0.1) is 6.92 Å². The second-order valence-corrected chi connectivity index (χ2v) is 5.23. The molecular weight excluding hydrogens is 278 g/mol. The van der Waals surface area contributed by atoms with Crippen molar-refractivity contribution in [2.24, 2.45) is 0 Å². The summed E-state index contributed by atoms with van der Waals surface area (Å²) in [5.74, 6) is 1.44. The van der Waals surface area contributed by atoms with Crippen LogP contribution in [0.25, 0.3) is 0 Å². The molecule has 0 heterocycles. The number of nitrogens with one attached hydrogen (secondary N) is 1. The van der Waals surface area contributed by atoms with Crippen LogP contribution in [0.4, 0.5) is 0 Å². The fraction of sp³-hybridized carbons (Fsp3) is 0.278. The standard InChI is InChI=1S/C18H21NO3/c1-13-4-6-15(7-5-13)18(20)19-14(2)12-22-17-10-8-16(21-3)9-11-17/h4-11,14H,12H2,1-3H3,(H,19,20)/t14-/m0/s1. The summed E-state index contributed by atoms with van der Waals surface area (Å²) in [7, 11) is 1.62. The van der Waals surface area contributed by atoms with E-state index in [1.165, 1.54) is 0 Å². The quantitative estimate of drug-likeness (QED) is 0.891. The van der Waals surface area contributed by atoms with Gasteiger partial charge in [0.25, 0.3) is 5.91 Å². The molecule has 0 bridgehead atoms. The third kappa shape index (κ3) is 4.52. The Balaban J connectivity index is 1.82. The van der Waals surface area contributed by atoms with Gasteiger partial charge in [-0.15, -0.1) is 0 Å². The van der Waals surface area contributed by atoms with Gasteiger partial charge in [-0.05, 0) is 50.2 Å². The number of benzene rings is 2. The van der Waals surface area contributed by atoms with Gasteiger partial charge in [-0.25, -0.2) is 0 Å². The number of methoxy groups -OCH3 is 1. The first-order valence-corrected chi connectivity index (χ1v) is 7.23. The summed E-state index contributed by atoms with van der Waals surface area (Å²) in [6.07, 6.45) is 0. The Morgan fingerprint density at radius 3 is 2.23 bits per heavy atom.